The van der Waals surface area contributed by atoms with Crippen LogP contribution in [0.3, 0.4) is 0 Å². The summed E-state index contributed by atoms with van der Waals surface area (Å²) in [6, 6.07) is 17.5. The summed E-state index contributed by atoms with van der Waals surface area (Å²) in [7, 11) is 0. The van der Waals surface area contributed by atoms with E-state index in [0.29, 0.717) is 46.2 Å². The SMILES string of the molecule is Oc1ccc2c(Oc3ccc(OCCC4CCCCN4)cc3)c(-c3cc(F)c(F)c(F)c3)ccc2c1. The van der Waals surface area contributed by atoms with Gasteiger partial charge in [0.1, 0.15) is 23.0 Å². The molecular formula is C29H26F3NO3. The Balaban J connectivity index is 1.41. The van der Waals surface area contributed by atoms with Crippen LogP contribution in [-0.4, -0.2) is 24.3 Å². The molecule has 1 atom stereocenters. The normalized spacial score (nSPS) is 15.7. The van der Waals surface area contributed by atoms with Crippen LogP contribution in [0.2, 0.25) is 0 Å². The standard InChI is InChI=1S/C29H26F3NO3/c30-26-16-19(17-27(31)28(26)32)25-10-4-18-15-21(34)5-11-24(18)29(25)36-23-8-6-22(7-9-23)35-14-12-20-3-1-2-13-33-20/h4-11,15-17,20,33-34H,1-3,12-14H2. The molecule has 7 heteroatoms. The van der Waals surface area contributed by atoms with Crippen LogP contribution in [0, 0.1) is 17.5 Å². The maximum atomic E-state index is 14.0. The molecule has 0 bridgehead atoms. The third-order valence-corrected chi connectivity index (χ3v) is 6.44. The second-order valence-corrected chi connectivity index (χ2v) is 8.96. The van der Waals surface area contributed by atoms with Gasteiger partial charge in [-0.3, -0.25) is 0 Å². The summed E-state index contributed by atoms with van der Waals surface area (Å²) >= 11 is 0. The van der Waals surface area contributed by atoms with Gasteiger partial charge in [-0.2, -0.15) is 0 Å². The summed E-state index contributed by atoms with van der Waals surface area (Å²) in [4.78, 5) is 0. The van der Waals surface area contributed by atoms with Crippen LogP contribution in [-0.2, 0) is 0 Å². The predicted octanol–water partition coefficient (Wildman–Crippen LogP) is 7.33. The fourth-order valence-corrected chi connectivity index (χ4v) is 4.55. The van der Waals surface area contributed by atoms with Crippen molar-refractivity contribution >= 4 is 10.8 Å². The van der Waals surface area contributed by atoms with Gasteiger partial charge >= 0.3 is 0 Å². The maximum absolute atomic E-state index is 14.0. The van der Waals surface area contributed by atoms with E-state index in [1.807, 2.05) is 0 Å². The maximum Gasteiger partial charge on any atom is 0.194 e. The van der Waals surface area contributed by atoms with Gasteiger partial charge in [0.15, 0.2) is 17.5 Å². The molecule has 2 N–H and O–H groups in total. The first kappa shape index (κ1) is 24.0. The van der Waals surface area contributed by atoms with Crippen molar-refractivity contribution in [2.45, 2.75) is 31.7 Å². The second-order valence-electron chi connectivity index (χ2n) is 8.96. The minimum absolute atomic E-state index is 0.0741. The van der Waals surface area contributed by atoms with Crippen molar-refractivity contribution in [2.75, 3.05) is 13.2 Å². The monoisotopic (exact) mass is 493 g/mol. The largest absolute Gasteiger partial charge is 0.508 e. The Bertz CT molecular complexity index is 1350. The number of aromatic hydroxyl groups is 1. The van der Waals surface area contributed by atoms with Crippen molar-refractivity contribution in [3.8, 4) is 34.1 Å². The van der Waals surface area contributed by atoms with Crippen molar-refractivity contribution in [1.82, 2.24) is 5.32 Å². The smallest absolute Gasteiger partial charge is 0.194 e. The second kappa shape index (κ2) is 10.5. The third-order valence-electron chi connectivity index (χ3n) is 6.44. The highest BCUT2D eigenvalue weighted by Gasteiger charge is 2.18. The van der Waals surface area contributed by atoms with Gasteiger partial charge in [-0.1, -0.05) is 12.5 Å². The van der Waals surface area contributed by atoms with Gasteiger partial charge in [-0.25, -0.2) is 13.2 Å². The lowest BCUT2D eigenvalue weighted by Gasteiger charge is -2.23. The summed E-state index contributed by atoms with van der Waals surface area (Å²) in [6.45, 7) is 1.67. The molecule has 4 aromatic carbocycles. The van der Waals surface area contributed by atoms with Crippen LogP contribution < -0.4 is 14.8 Å². The van der Waals surface area contributed by atoms with E-state index >= 15 is 0 Å². The van der Waals surface area contributed by atoms with E-state index in [1.54, 1.807) is 48.5 Å². The number of halogens is 3. The number of hydrogen-bond donors (Lipinski definition) is 2. The number of piperidine rings is 1. The Morgan fingerprint density at radius 1 is 0.861 bits per heavy atom. The first-order chi connectivity index (χ1) is 17.5. The summed E-state index contributed by atoms with van der Waals surface area (Å²) < 4.78 is 53.7. The molecule has 1 aliphatic rings. The van der Waals surface area contributed by atoms with E-state index in [-0.39, 0.29) is 11.3 Å². The van der Waals surface area contributed by atoms with E-state index < -0.39 is 17.5 Å². The average molecular weight is 494 g/mol. The van der Waals surface area contributed by atoms with Gasteiger partial charge in [0.25, 0.3) is 0 Å². The van der Waals surface area contributed by atoms with Gasteiger partial charge < -0.3 is 19.9 Å². The highest BCUT2D eigenvalue weighted by atomic mass is 19.2. The molecule has 36 heavy (non-hydrogen) atoms. The van der Waals surface area contributed by atoms with Crippen LogP contribution in [0.5, 0.6) is 23.0 Å². The molecule has 0 aromatic heterocycles. The van der Waals surface area contributed by atoms with Crippen molar-refractivity contribution in [2.24, 2.45) is 0 Å². The van der Waals surface area contributed by atoms with Gasteiger partial charge in [0, 0.05) is 17.0 Å². The van der Waals surface area contributed by atoms with E-state index in [1.165, 1.54) is 25.3 Å². The predicted molar refractivity (Wildman–Crippen MR) is 133 cm³/mol. The first-order valence-corrected chi connectivity index (χ1v) is 12.0. The zero-order chi connectivity index (χ0) is 25.1. The Morgan fingerprint density at radius 2 is 1.61 bits per heavy atom. The average Bonchev–Trinajstić information content (AvgIpc) is 2.88. The van der Waals surface area contributed by atoms with Crippen molar-refractivity contribution < 1.29 is 27.8 Å². The number of benzene rings is 4. The van der Waals surface area contributed by atoms with E-state index in [9.17, 15) is 18.3 Å². The minimum atomic E-state index is -1.53. The first-order valence-electron chi connectivity index (χ1n) is 12.0. The van der Waals surface area contributed by atoms with Crippen LogP contribution >= 0.6 is 0 Å². The topological polar surface area (TPSA) is 50.7 Å². The molecule has 0 spiro atoms. The number of rotatable bonds is 7. The minimum Gasteiger partial charge on any atom is -0.508 e. The lowest BCUT2D eigenvalue weighted by Crippen LogP contribution is -2.35. The summed E-state index contributed by atoms with van der Waals surface area (Å²) in [5, 5.41) is 14.7. The number of hydrogen-bond acceptors (Lipinski definition) is 4. The van der Waals surface area contributed by atoms with Crippen molar-refractivity contribution in [3.63, 3.8) is 0 Å². The molecular weight excluding hydrogens is 467 g/mol. The Morgan fingerprint density at radius 3 is 2.33 bits per heavy atom. The fraction of sp³-hybridized carbons (Fsp3) is 0.241. The number of ether oxygens (including phenoxy) is 2. The molecule has 4 aromatic rings. The van der Waals surface area contributed by atoms with Crippen LogP contribution in [0.25, 0.3) is 21.9 Å². The molecule has 1 aliphatic heterocycles. The van der Waals surface area contributed by atoms with Gasteiger partial charge in [0.05, 0.1) is 6.61 Å². The van der Waals surface area contributed by atoms with Crippen molar-refractivity contribution in [1.29, 1.82) is 0 Å². The molecule has 186 valence electrons. The number of fused-ring (bicyclic) bond motifs is 1. The molecule has 0 amide bonds. The molecule has 0 radical (unpaired) electrons. The number of phenols is 1. The third kappa shape index (κ3) is 5.26. The zero-order valence-corrected chi connectivity index (χ0v) is 19.6. The van der Waals surface area contributed by atoms with Gasteiger partial charge in [0.2, 0.25) is 0 Å². The Hall–Kier alpha value is -3.71. The Kier molecular flexibility index (Phi) is 7.00. The van der Waals surface area contributed by atoms with Crippen LogP contribution in [0.15, 0.2) is 66.7 Å². The van der Waals surface area contributed by atoms with Crippen LogP contribution in [0.1, 0.15) is 25.7 Å². The highest BCUT2D eigenvalue weighted by molar-refractivity contribution is 5.96. The molecule has 1 fully saturated rings. The summed E-state index contributed by atoms with van der Waals surface area (Å²) in [5.74, 6) is -2.50. The summed E-state index contributed by atoms with van der Waals surface area (Å²) in [6.07, 6.45) is 4.58. The van der Waals surface area contributed by atoms with E-state index in [2.05, 4.69) is 5.32 Å². The lowest BCUT2D eigenvalue weighted by atomic mass is 9.99. The molecule has 1 saturated heterocycles. The quantitative estimate of drug-likeness (QED) is 0.265. The van der Waals surface area contributed by atoms with Crippen LogP contribution in [0.4, 0.5) is 13.2 Å². The van der Waals surface area contributed by atoms with Gasteiger partial charge in [-0.05, 0) is 97.4 Å². The Labute approximate surface area is 207 Å². The van der Waals surface area contributed by atoms with E-state index in [4.69, 9.17) is 9.47 Å². The lowest BCUT2D eigenvalue weighted by molar-refractivity contribution is 0.268. The number of nitrogens with one attached hydrogen (secondary N) is 1. The van der Waals surface area contributed by atoms with E-state index in [0.717, 1.165) is 25.1 Å². The summed E-state index contributed by atoms with van der Waals surface area (Å²) in [5.41, 5.74) is 0.513. The highest BCUT2D eigenvalue weighted by Crippen LogP contribution is 2.41. The number of phenolic OH excluding ortho intramolecular Hbond substituents is 1. The zero-order valence-electron chi connectivity index (χ0n) is 19.6. The van der Waals surface area contributed by atoms with Gasteiger partial charge in [-0.15, -0.1) is 0 Å². The molecule has 0 aliphatic carbocycles. The molecule has 4 nitrogen and oxygen atoms in total. The van der Waals surface area contributed by atoms with Crippen molar-refractivity contribution in [3.05, 3.63) is 84.2 Å². The molecule has 1 heterocycles. The fourth-order valence-electron chi connectivity index (χ4n) is 4.55. The molecule has 1 unspecified atom stereocenters. The molecule has 5 rings (SSSR count). The molecule has 0 saturated carbocycles.